The van der Waals surface area contributed by atoms with Crippen LogP contribution >= 0.6 is 12.4 Å². The molecular formula is C17H19ClF3N3. The highest BCUT2D eigenvalue weighted by Gasteiger charge is 2.34. The summed E-state index contributed by atoms with van der Waals surface area (Å²) in [4.78, 5) is 6.10. The van der Waals surface area contributed by atoms with E-state index in [1.807, 2.05) is 12.1 Å². The first-order valence-electron chi connectivity index (χ1n) is 7.55. The largest absolute Gasteiger partial charge is 0.416 e. The molecule has 3 nitrogen and oxygen atoms in total. The number of aromatic nitrogens is 1. The molecule has 3 rings (SSSR count). The van der Waals surface area contributed by atoms with Crippen molar-refractivity contribution in [2.75, 3.05) is 19.6 Å². The summed E-state index contributed by atoms with van der Waals surface area (Å²) in [5.41, 5.74) is 0.838. The molecule has 1 atom stereocenters. The number of benzene rings is 1. The SMILES string of the molecule is Cl.FC(F)(F)c1ccccc1CN1CCNCC1c1ccncc1. The fraction of sp³-hybridized carbons (Fsp3) is 0.353. The lowest BCUT2D eigenvalue weighted by Gasteiger charge is -2.37. The highest BCUT2D eigenvalue weighted by molar-refractivity contribution is 5.85. The molecule has 1 aliphatic heterocycles. The van der Waals surface area contributed by atoms with E-state index in [4.69, 9.17) is 0 Å². The summed E-state index contributed by atoms with van der Waals surface area (Å²) in [5.74, 6) is 0. The molecule has 1 unspecified atom stereocenters. The Hall–Kier alpha value is -1.63. The molecule has 1 fully saturated rings. The van der Waals surface area contributed by atoms with E-state index in [9.17, 15) is 13.2 Å². The van der Waals surface area contributed by atoms with Crippen molar-refractivity contribution < 1.29 is 13.2 Å². The minimum atomic E-state index is -4.32. The van der Waals surface area contributed by atoms with Gasteiger partial charge in [0.2, 0.25) is 0 Å². The summed E-state index contributed by atoms with van der Waals surface area (Å²) in [6.45, 7) is 2.48. The molecule has 2 heterocycles. The minimum Gasteiger partial charge on any atom is -0.314 e. The molecule has 1 aliphatic rings. The van der Waals surface area contributed by atoms with Crippen LogP contribution in [-0.4, -0.2) is 29.5 Å². The molecule has 0 spiro atoms. The topological polar surface area (TPSA) is 28.2 Å². The van der Waals surface area contributed by atoms with Crippen LogP contribution < -0.4 is 5.32 Å². The number of alkyl halides is 3. The van der Waals surface area contributed by atoms with E-state index in [0.29, 0.717) is 12.1 Å². The van der Waals surface area contributed by atoms with Gasteiger partial charge in [-0.2, -0.15) is 13.2 Å². The molecule has 2 aromatic rings. The quantitative estimate of drug-likeness (QED) is 0.908. The summed E-state index contributed by atoms with van der Waals surface area (Å²) in [7, 11) is 0. The average molecular weight is 358 g/mol. The molecule has 1 saturated heterocycles. The molecule has 24 heavy (non-hydrogen) atoms. The van der Waals surface area contributed by atoms with Crippen molar-refractivity contribution in [1.29, 1.82) is 0 Å². The van der Waals surface area contributed by atoms with Crippen LogP contribution in [0.5, 0.6) is 0 Å². The summed E-state index contributed by atoms with van der Waals surface area (Å²) >= 11 is 0. The van der Waals surface area contributed by atoms with E-state index < -0.39 is 11.7 Å². The monoisotopic (exact) mass is 357 g/mol. The molecule has 1 N–H and O–H groups in total. The zero-order valence-corrected chi connectivity index (χ0v) is 13.8. The predicted octanol–water partition coefficient (Wildman–Crippen LogP) is 3.67. The van der Waals surface area contributed by atoms with E-state index in [2.05, 4.69) is 15.2 Å². The smallest absolute Gasteiger partial charge is 0.314 e. The third-order valence-electron chi connectivity index (χ3n) is 4.14. The van der Waals surface area contributed by atoms with Crippen molar-refractivity contribution in [1.82, 2.24) is 15.2 Å². The lowest BCUT2D eigenvalue weighted by molar-refractivity contribution is -0.138. The van der Waals surface area contributed by atoms with E-state index >= 15 is 0 Å². The Labute approximate surface area is 145 Å². The molecule has 7 heteroatoms. The lowest BCUT2D eigenvalue weighted by atomic mass is 10.0. The number of pyridine rings is 1. The highest BCUT2D eigenvalue weighted by Crippen LogP contribution is 2.33. The molecule has 0 bridgehead atoms. The Balaban J connectivity index is 0.00000208. The summed E-state index contributed by atoms with van der Waals surface area (Å²) in [6.07, 6.45) is -0.894. The predicted molar refractivity (Wildman–Crippen MR) is 88.9 cm³/mol. The third kappa shape index (κ3) is 4.26. The van der Waals surface area contributed by atoms with Crippen LogP contribution in [0.25, 0.3) is 0 Å². The Morgan fingerprint density at radius 2 is 1.83 bits per heavy atom. The first-order valence-corrected chi connectivity index (χ1v) is 7.55. The van der Waals surface area contributed by atoms with Gasteiger partial charge in [-0.1, -0.05) is 18.2 Å². The molecule has 0 radical (unpaired) electrons. The third-order valence-corrected chi connectivity index (χ3v) is 4.14. The van der Waals surface area contributed by atoms with Gasteiger partial charge in [0.1, 0.15) is 0 Å². The number of rotatable bonds is 3. The molecule has 1 aromatic heterocycles. The fourth-order valence-electron chi connectivity index (χ4n) is 3.00. The molecule has 1 aromatic carbocycles. The van der Waals surface area contributed by atoms with E-state index in [1.165, 1.54) is 6.07 Å². The molecule has 130 valence electrons. The average Bonchev–Trinajstić information content (AvgIpc) is 2.56. The zero-order valence-electron chi connectivity index (χ0n) is 13.0. The van der Waals surface area contributed by atoms with Crippen molar-refractivity contribution in [2.45, 2.75) is 18.8 Å². The first kappa shape index (κ1) is 18.7. The number of hydrogen-bond acceptors (Lipinski definition) is 3. The first-order chi connectivity index (χ1) is 11.1. The van der Waals surface area contributed by atoms with E-state index in [0.717, 1.165) is 24.7 Å². The highest BCUT2D eigenvalue weighted by atomic mass is 35.5. The standard InChI is InChI=1S/C17H18F3N3.ClH/c18-17(19,20)15-4-2-1-3-14(15)12-23-10-9-22-11-16(23)13-5-7-21-8-6-13;/h1-8,16,22H,9-12H2;1H. The van der Waals surface area contributed by atoms with Crippen LogP contribution in [0.4, 0.5) is 13.2 Å². The van der Waals surface area contributed by atoms with Crippen LogP contribution in [0.3, 0.4) is 0 Å². The minimum absolute atomic E-state index is 0. The fourth-order valence-corrected chi connectivity index (χ4v) is 3.00. The van der Waals surface area contributed by atoms with E-state index in [1.54, 1.807) is 24.5 Å². The Morgan fingerprint density at radius 1 is 1.12 bits per heavy atom. The summed E-state index contributed by atoms with van der Waals surface area (Å²) in [5, 5.41) is 3.31. The Morgan fingerprint density at radius 3 is 2.54 bits per heavy atom. The Bertz CT molecular complexity index is 649. The zero-order chi connectivity index (χ0) is 16.3. The van der Waals surface area contributed by atoms with Gasteiger partial charge in [0.25, 0.3) is 0 Å². The molecule has 0 saturated carbocycles. The van der Waals surface area contributed by atoms with Crippen molar-refractivity contribution in [3.63, 3.8) is 0 Å². The molecular weight excluding hydrogens is 339 g/mol. The van der Waals surface area contributed by atoms with Gasteiger partial charge in [0.15, 0.2) is 0 Å². The van der Waals surface area contributed by atoms with E-state index in [-0.39, 0.29) is 25.0 Å². The summed E-state index contributed by atoms with van der Waals surface area (Å²) < 4.78 is 39.6. The van der Waals surface area contributed by atoms with Gasteiger partial charge in [-0.3, -0.25) is 9.88 Å². The molecule has 0 aliphatic carbocycles. The maximum Gasteiger partial charge on any atom is 0.416 e. The number of piperazine rings is 1. The number of nitrogens with one attached hydrogen (secondary N) is 1. The van der Waals surface area contributed by atoms with Crippen LogP contribution in [0.2, 0.25) is 0 Å². The number of halogens is 4. The van der Waals surface area contributed by atoms with Gasteiger partial charge in [-0.05, 0) is 29.3 Å². The van der Waals surface area contributed by atoms with Gasteiger partial charge in [0.05, 0.1) is 5.56 Å². The van der Waals surface area contributed by atoms with Crippen molar-refractivity contribution in [3.05, 3.63) is 65.5 Å². The number of hydrogen-bond donors (Lipinski definition) is 1. The number of nitrogens with zero attached hydrogens (tertiary/aromatic N) is 2. The van der Waals surface area contributed by atoms with Gasteiger partial charge in [-0.25, -0.2) is 0 Å². The normalized spacial score (nSPS) is 18.9. The second-order valence-corrected chi connectivity index (χ2v) is 5.63. The second kappa shape index (κ2) is 7.96. The van der Waals surface area contributed by atoms with Crippen molar-refractivity contribution in [3.8, 4) is 0 Å². The lowest BCUT2D eigenvalue weighted by Crippen LogP contribution is -2.45. The van der Waals surface area contributed by atoms with Gasteiger partial charge < -0.3 is 5.32 Å². The maximum absolute atomic E-state index is 13.2. The van der Waals surface area contributed by atoms with Crippen LogP contribution in [0, 0.1) is 0 Å². The van der Waals surface area contributed by atoms with Crippen molar-refractivity contribution in [2.24, 2.45) is 0 Å². The second-order valence-electron chi connectivity index (χ2n) is 5.63. The van der Waals surface area contributed by atoms with Gasteiger partial charge >= 0.3 is 6.18 Å². The Kier molecular flexibility index (Phi) is 6.21. The van der Waals surface area contributed by atoms with Crippen LogP contribution in [0.15, 0.2) is 48.8 Å². The summed E-state index contributed by atoms with van der Waals surface area (Å²) in [6, 6.07) is 9.69. The van der Waals surface area contributed by atoms with Crippen LogP contribution in [-0.2, 0) is 12.7 Å². The van der Waals surface area contributed by atoms with Gasteiger partial charge in [-0.15, -0.1) is 12.4 Å². The van der Waals surface area contributed by atoms with Crippen molar-refractivity contribution >= 4 is 12.4 Å². The van der Waals surface area contributed by atoms with Crippen LogP contribution in [0.1, 0.15) is 22.7 Å². The van der Waals surface area contributed by atoms with Gasteiger partial charge in [0, 0.05) is 44.6 Å². The molecule has 0 amide bonds. The maximum atomic E-state index is 13.2.